The van der Waals surface area contributed by atoms with Gasteiger partial charge >= 0.3 is 0 Å². The number of methoxy groups -OCH3 is 2. The Kier molecular flexibility index (Phi) is 4.25. The molecule has 0 N–H and O–H groups in total. The highest BCUT2D eigenvalue weighted by molar-refractivity contribution is 5.79. The largest absolute Gasteiger partial charge is 0.378 e. The molecule has 0 aromatic rings. The maximum atomic E-state index is 11.6. The van der Waals surface area contributed by atoms with Crippen LogP contribution in [0.3, 0.4) is 0 Å². The van der Waals surface area contributed by atoms with E-state index in [1.165, 1.54) is 0 Å². The molecule has 0 aromatic carbocycles. The summed E-state index contributed by atoms with van der Waals surface area (Å²) >= 11 is 0. The third-order valence-corrected chi connectivity index (χ3v) is 3.08. The van der Waals surface area contributed by atoms with Crippen LogP contribution >= 0.6 is 0 Å². The normalized spacial score (nSPS) is 41.5. The Labute approximate surface area is 90.9 Å². The van der Waals surface area contributed by atoms with E-state index in [1.807, 2.05) is 13.8 Å². The van der Waals surface area contributed by atoms with Gasteiger partial charge in [0, 0.05) is 14.2 Å². The maximum absolute atomic E-state index is 11.6. The molecule has 0 aromatic heterocycles. The lowest BCUT2D eigenvalue weighted by Gasteiger charge is -2.42. The molecule has 1 aliphatic heterocycles. The predicted molar refractivity (Wildman–Crippen MR) is 55.8 cm³/mol. The quantitative estimate of drug-likeness (QED) is 0.706. The van der Waals surface area contributed by atoms with E-state index in [0.717, 1.165) is 0 Å². The number of hydrogen-bond donors (Lipinski definition) is 0. The van der Waals surface area contributed by atoms with E-state index in [4.69, 9.17) is 14.2 Å². The maximum Gasteiger partial charge on any atom is 0.138 e. The minimum absolute atomic E-state index is 0.0784. The van der Waals surface area contributed by atoms with E-state index in [-0.39, 0.29) is 36.1 Å². The highest BCUT2D eigenvalue weighted by Crippen LogP contribution is 2.30. The number of ketones is 1. The van der Waals surface area contributed by atoms with Gasteiger partial charge in [-0.15, -0.1) is 0 Å². The van der Waals surface area contributed by atoms with Crippen LogP contribution in [0.25, 0.3) is 0 Å². The molecular weight excluding hydrogens is 196 g/mol. The van der Waals surface area contributed by atoms with Gasteiger partial charge in [0.2, 0.25) is 0 Å². The Bertz CT molecular complexity index is 213. The molecule has 4 unspecified atom stereocenters. The smallest absolute Gasteiger partial charge is 0.138 e. The molecular formula is C11H20O4. The van der Waals surface area contributed by atoms with E-state index in [2.05, 4.69) is 0 Å². The van der Waals surface area contributed by atoms with Crippen molar-refractivity contribution in [1.29, 1.82) is 0 Å². The molecule has 88 valence electrons. The van der Waals surface area contributed by atoms with Crippen LogP contribution in [0.5, 0.6) is 0 Å². The van der Waals surface area contributed by atoms with Crippen molar-refractivity contribution in [3.05, 3.63) is 0 Å². The second kappa shape index (κ2) is 5.05. The zero-order valence-electron chi connectivity index (χ0n) is 10.0. The van der Waals surface area contributed by atoms with Gasteiger partial charge in [-0.2, -0.15) is 0 Å². The predicted octanol–water partition coefficient (Wildman–Crippen LogP) is 1.03. The number of carbonyl (C=O) groups excluding carboxylic acids is 1. The van der Waals surface area contributed by atoms with Gasteiger partial charge in [-0.1, -0.05) is 0 Å². The Balaban J connectivity index is 2.92. The van der Waals surface area contributed by atoms with Crippen LogP contribution in [0, 0.1) is 5.92 Å². The van der Waals surface area contributed by atoms with E-state index in [9.17, 15) is 4.79 Å². The Hall–Kier alpha value is -0.450. The fraction of sp³-hybridized carbons (Fsp3) is 0.909. The summed E-state index contributed by atoms with van der Waals surface area (Å²) in [5, 5.41) is 0. The van der Waals surface area contributed by atoms with Gasteiger partial charge < -0.3 is 14.2 Å². The Morgan fingerprint density at radius 3 is 1.73 bits per heavy atom. The van der Waals surface area contributed by atoms with Gasteiger partial charge in [-0.05, 0) is 20.8 Å². The third kappa shape index (κ3) is 2.38. The van der Waals surface area contributed by atoms with Crippen molar-refractivity contribution in [2.75, 3.05) is 14.2 Å². The second-order valence-electron chi connectivity index (χ2n) is 4.08. The first kappa shape index (κ1) is 12.6. The minimum atomic E-state index is -0.237. The van der Waals surface area contributed by atoms with E-state index >= 15 is 0 Å². The molecule has 4 heteroatoms. The fourth-order valence-electron chi connectivity index (χ4n) is 2.40. The molecule has 1 heterocycles. The first-order valence-electron chi connectivity index (χ1n) is 5.24. The number of Topliss-reactive ketones (excluding diaryl/α,β-unsaturated/α-hetero) is 1. The molecule has 0 spiro atoms. The zero-order chi connectivity index (χ0) is 11.6. The molecule has 0 radical (unpaired) electrons. The van der Waals surface area contributed by atoms with Crippen LogP contribution in [-0.4, -0.2) is 44.4 Å². The van der Waals surface area contributed by atoms with Crippen LogP contribution < -0.4 is 0 Å². The lowest BCUT2D eigenvalue weighted by molar-refractivity contribution is -0.204. The highest BCUT2D eigenvalue weighted by atomic mass is 16.6. The molecule has 0 amide bonds. The SMILES string of the molecule is COC1C(C)OC(C)[C@H](OC)C1C(C)=O. The van der Waals surface area contributed by atoms with Crippen molar-refractivity contribution in [2.24, 2.45) is 5.92 Å². The van der Waals surface area contributed by atoms with Crippen LogP contribution in [0.2, 0.25) is 0 Å². The summed E-state index contributed by atoms with van der Waals surface area (Å²) in [5.74, 6) is -0.144. The molecule has 1 saturated heterocycles. The molecule has 4 nitrogen and oxygen atoms in total. The average Bonchev–Trinajstić information content (AvgIpc) is 2.16. The van der Waals surface area contributed by atoms with Crippen LogP contribution in [0.1, 0.15) is 20.8 Å². The molecule has 5 atom stereocenters. The van der Waals surface area contributed by atoms with Crippen molar-refractivity contribution in [3.8, 4) is 0 Å². The van der Waals surface area contributed by atoms with Crippen molar-refractivity contribution in [1.82, 2.24) is 0 Å². The summed E-state index contributed by atoms with van der Waals surface area (Å²) in [7, 11) is 3.20. The van der Waals surface area contributed by atoms with Crippen molar-refractivity contribution in [3.63, 3.8) is 0 Å². The molecule has 0 bridgehead atoms. The summed E-state index contributed by atoms with van der Waals surface area (Å²) in [4.78, 5) is 11.6. The fourth-order valence-corrected chi connectivity index (χ4v) is 2.40. The molecule has 15 heavy (non-hydrogen) atoms. The topological polar surface area (TPSA) is 44.8 Å². The van der Waals surface area contributed by atoms with Crippen LogP contribution in [0.15, 0.2) is 0 Å². The van der Waals surface area contributed by atoms with Crippen molar-refractivity contribution in [2.45, 2.75) is 45.2 Å². The Morgan fingerprint density at radius 1 is 1.07 bits per heavy atom. The van der Waals surface area contributed by atoms with Gasteiger partial charge in [0.25, 0.3) is 0 Å². The summed E-state index contributed by atoms with van der Waals surface area (Å²) in [6.45, 7) is 5.42. The summed E-state index contributed by atoms with van der Waals surface area (Å²) < 4.78 is 16.3. The molecule has 1 rings (SSSR count). The number of ether oxygens (including phenoxy) is 3. The number of carbonyl (C=O) groups is 1. The third-order valence-electron chi connectivity index (χ3n) is 3.08. The monoisotopic (exact) mass is 216 g/mol. The lowest BCUT2D eigenvalue weighted by Crippen LogP contribution is -2.55. The zero-order valence-corrected chi connectivity index (χ0v) is 10.0. The summed E-state index contributed by atoms with van der Waals surface area (Å²) in [6.07, 6.45) is -0.595. The average molecular weight is 216 g/mol. The number of rotatable bonds is 3. The van der Waals surface area contributed by atoms with E-state index in [1.54, 1.807) is 21.1 Å². The van der Waals surface area contributed by atoms with Crippen molar-refractivity contribution < 1.29 is 19.0 Å². The van der Waals surface area contributed by atoms with E-state index in [0.29, 0.717) is 0 Å². The minimum Gasteiger partial charge on any atom is -0.378 e. The van der Waals surface area contributed by atoms with Crippen molar-refractivity contribution >= 4 is 5.78 Å². The van der Waals surface area contributed by atoms with Gasteiger partial charge in [-0.25, -0.2) is 0 Å². The summed E-state index contributed by atoms with van der Waals surface area (Å²) in [6, 6.07) is 0. The van der Waals surface area contributed by atoms with Gasteiger partial charge in [-0.3, -0.25) is 4.79 Å². The van der Waals surface area contributed by atoms with Crippen LogP contribution in [-0.2, 0) is 19.0 Å². The highest BCUT2D eigenvalue weighted by Gasteiger charge is 2.45. The first-order valence-corrected chi connectivity index (χ1v) is 5.24. The standard InChI is InChI=1S/C11H20O4/c1-6(12)9-10(13-4)7(2)15-8(3)11(9)14-5/h7-11H,1-5H3/t7?,8?,9?,10-,11?/m0/s1. The molecule has 0 aliphatic carbocycles. The van der Waals surface area contributed by atoms with Gasteiger partial charge in [0.05, 0.1) is 30.3 Å². The lowest BCUT2D eigenvalue weighted by atomic mass is 9.84. The van der Waals surface area contributed by atoms with Crippen LogP contribution in [0.4, 0.5) is 0 Å². The molecule has 1 aliphatic rings. The molecule has 0 saturated carbocycles. The summed E-state index contributed by atoms with van der Waals surface area (Å²) in [5.41, 5.74) is 0. The number of hydrogen-bond acceptors (Lipinski definition) is 4. The van der Waals surface area contributed by atoms with Gasteiger partial charge in [0.15, 0.2) is 0 Å². The molecule has 1 fully saturated rings. The second-order valence-corrected chi connectivity index (χ2v) is 4.08. The Morgan fingerprint density at radius 2 is 1.47 bits per heavy atom. The van der Waals surface area contributed by atoms with Gasteiger partial charge in [0.1, 0.15) is 5.78 Å². The first-order chi connectivity index (χ1) is 7.02. The van der Waals surface area contributed by atoms with E-state index < -0.39 is 0 Å².